The maximum atomic E-state index is 12.0. The van der Waals surface area contributed by atoms with Gasteiger partial charge in [-0.2, -0.15) is 0 Å². The lowest BCUT2D eigenvalue weighted by Gasteiger charge is -2.18. The van der Waals surface area contributed by atoms with E-state index in [4.69, 9.17) is 9.72 Å². The molecule has 1 aromatic heterocycles. The van der Waals surface area contributed by atoms with Gasteiger partial charge < -0.3 is 4.74 Å². The zero-order chi connectivity index (χ0) is 13.9. The van der Waals surface area contributed by atoms with Crippen molar-refractivity contribution in [3.63, 3.8) is 0 Å². The van der Waals surface area contributed by atoms with Gasteiger partial charge in [0.2, 0.25) is 0 Å². The van der Waals surface area contributed by atoms with Gasteiger partial charge in [0.15, 0.2) is 0 Å². The van der Waals surface area contributed by atoms with Crippen molar-refractivity contribution in [1.29, 1.82) is 0 Å². The third-order valence-electron chi connectivity index (χ3n) is 3.75. The van der Waals surface area contributed by atoms with Crippen molar-refractivity contribution < 1.29 is 9.53 Å². The maximum absolute atomic E-state index is 12.0. The number of aryl methyl sites for hydroxylation is 2. The number of methoxy groups -OCH3 is 1. The lowest BCUT2D eigenvalue weighted by Crippen LogP contribution is -2.12. The molecule has 3 heteroatoms. The Labute approximate surface area is 118 Å². The molecule has 0 bridgehead atoms. The first-order valence-electron chi connectivity index (χ1n) is 6.96. The quantitative estimate of drug-likeness (QED) is 0.783. The number of benzene rings is 1. The van der Waals surface area contributed by atoms with Crippen molar-refractivity contribution in [2.45, 2.75) is 25.7 Å². The number of hydrogen-bond donors (Lipinski definition) is 0. The summed E-state index contributed by atoms with van der Waals surface area (Å²) in [5.41, 5.74) is 4.58. The number of pyridine rings is 1. The van der Waals surface area contributed by atoms with Gasteiger partial charge in [-0.3, -0.25) is 4.98 Å². The number of ether oxygens (including phenoxy) is 1. The minimum absolute atomic E-state index is 0.315. The molecule has 0 spiro atoms. The Morgan fingerprint density at radius 2 is 1.90 bits per heavy atom. The third-order valence-corrected chi connectivity index (χ3v) is 3.75. The van der Waals surface area contributed by atoms with Gasteiger partial charge in [0, 0.05) is 11.3 Å². The highest BCUT2D eigenvalue weighted by Gasteiger charge is 2.20. The summed E-state index contributed by atoms with van der Waals surface area (Å²) >= 11 is 0. The maximum Gasteiger partial charge on any atom is 0.340 e. The molecule has 3 rings (SSSR count). The van der Waals surface area contributed by atoms with Crippen LogP contribution in [-0.4, -0.2) is 18.1 Å². The highest BCUT2D eigenvalue weighted by atomic mass is 16.5. The van der Waals surface area contributed by atoms with Gasteiger partial charge in [-0.15, -0.1) is 0 Å². The van der Waals surface area contributed by atoms with E-state index in [1.165, 1.54) is 25.5 Å². The lowest BCUT2D eigenvalue weighted by molar-refractivity contribution is 0.0601. The number of carbonyl (C=O) groups is 1. The van der Waals surface area contributed by atoms with Crippen LogP contribution in [0.2, 0.25) is 0 Å². The van der Waals surface area contributed by atoms with Crippen LogP contribution >= 0.6 is 0 Å². The fraction of sp³-hybridized carbons (Fsp3) is 0.294. The zero-order valence-corrected chi connectivity index (χ0v) is 11.6. The van der Waals surface area contributed by atoms with Crippen molar-refractivity contribution >= 4 is 5.97 Å². The lowest BCUT2D eigenvalue weighted by atomic mass is 9.93. The van der Waals surface area contributed by atoms with Crippen LogP contribution < -0.4 is 0 Å². The van der Waals surface area contributed by atoms with E-state index in [0.29, 0.717) is 5.56 Å². The summed E-state index contributed by atoms with van der Waals surface area (Å²) in [5, 5.41) is 0. The summed E-state index contributed by atoms with van der Waals surface area (Å²) in [6.45, 7) is 0. The fourth-order valence-corrected chi connectivity index (χ4v) is 2.72. The molecule has 0 radical (unpaired) electrons. The van der Waals surface area contributed by atoms with E-state index >= 15 is 0 Å². The molecule has 0 fully saturated rings. The normalized spacial score (nSPS) is 13.7. The Morgan fingerprint density at radius 1 is 1.15 bits per heavy atom. The van der Waals surface area contributed by atoms with Gasteiger partial charge in [-0.1, -0.05) is 30.3 Å². The Hall–Kier alpha value is -2.16. The molecule has 20 heavy (non-hydrogen) atoms. The van der Waals surface area contributed by atoms with Crippen molar-refractivity contribution in [1.82, 2.24) is 4.98 Å². The van der Waals surface area contributed by atoms with Gasteiger partial charge in [-0.25, -0.2) is 4.79 Å². The molecule has 0 atom stereocenters. The average molecular weight is 267 g/mol. The molecule has 0 unspecified atom stereocenters. The van der Waals surface area contributed by atoms with Crippen molar-refractivity contribution in [3.8, 4) is 11.3 Å². The molecule has 1 aliphatic carbocycles. The Morgan fingerprint density at radius 3 is 2.65 bits per heavy atom. The molecule has 0 amide bonds. The molecule has 1 aromatic carbocycles. The molecule has 2 aromatic rings. The second kappa shape index (κ2) is 5.45. The Kier molecular flexibility index (Phi) is 3.50. The molecule has 0 saturated carbocycles. The molecular formula is C17H17NO2. The summed E-state index contributed by atoms with van der Waals surface area (Å²) in [5.74, 6) is -0.315. The summed E-state index contributed by atoms with van der Waals surface area (Å²) in [6.07, 6.45) is 4.34. The predicted molar refractivity (Wildman–Crippen MR) is 77.7 cm³/mol. The standard InChI is InChI=1S/C17H17NO2/c1-20-17(19)14-11-13-9-5-6-10-15(13)18-16(14)12-7-3-2-4-8-12/h2-4,7-8,11H,5-6,9-10H2,1H3. The van der Waals surface area contributed by atoms with Crippen LogP contribution in [0.3, 0.4) is 0 Å². The van der Waals surface area contributed by atoms with Gasteiger partial charge in [0.25, 0.3) is 0 Å². The minimum Gasteiger partial charge on any atom is -0.465 e. The molecule has 0 saturated heterocycles. The topological polar surface area (TPSA) is 39.2 Å². The Balaban J connectivity index is 2.18. The highest BCUT2D eigenvalue weighted by Crippen LogP contribution is 2.28. The number of carbonyl (C=O) groups excluding carboxylic acids is 1. The van der Waals surface area contributed by atoms with E-state index in [1.54, 1.807) is 0 Å². The van der Waals surface area contributed by atoms with Gasteiger partial charge in [-0.05, 0) is 37.3 Å². The minimum atomic E-state index is -0.315. The second-order valence-corrected chi connectivity index (χ2v) is 5.06. The molecule has 1 heterocycles. The monoisotopic (exact) mass is 267 g/mol. The van der Waals surface area contributed by atoms with Crippen LogP contribution in [0.15, 0.2) is 36.4 Å². The van der Waals surface area contributed by atoms with Crippen LogP contribution in [0.25, 0.3) is 11.3 Å². The van der Waals surface area contributed by atoms with Crippen molar-refractivity contribution in [2.75, 3.05) is 7.11 Å². The Bertz CT molecular complexity index is 635. The summed E-state index contributed by atoms with van der Waals surface area (Å²) < 4.78 is 4.91. The van der Waals surface area contributed by atoms with Crippen molar-refractivity contribution in [3.05, 3.63) is 53.2 Å². The smallest absolute Gasteiger partial charge is 0.340 e. The zero-order valence-electron chi connectivity index (χ0n) is 11.6. The van der Waals surface area contributed by atoms with Crippen molar-refractivity contribution in [2.24, 2.45) is 0 Å². The molecular weight excluding hydrogens is 250 g/mol. The number of nitrogens with zero attached hydrogens (tertiary/aromatic N) is 1. The number of rotatable bonds is 2. The second-order valence-electron chi connectivity index (χ2n) is 5.06. The van der Waals surface area contributed by atoms with Crippen LogP contribution in [0.4, 0.5) is 0 Å². The highest BCUT2D eigenvalue weighted by molar-refractivity contribution is 5.96. The summed E-state index contributed by atoms with van der Waals surface area (Å²) in [7, 11) is 1.41. The number of fused-ring (bicyclic) bond motifs is 1. The SMILES string of the molecule is COC(=O)c1cc2c(nc1-c1ccccc1)CCCC2. The van der Waals surface area contributed by atoms with E-state index < -0.39 is 0 Å². The first-order valence-corrected chi connectivity index (χ1v) is 6.96. The van der Waals surface area contributed by atoms with E-state index in [2.05, 4.69) is 0 Å². The predicted octanol–water partition coefficient (Wildman–Crippen LogP) is 3.41. The van der Waals surface area contributed by atoms with Gasteiger partial charge >= 0.3 is 5.97 Å². The van der Waals surface area contributed by atoms with Crippen LogP contribution in [0.1, 0.15) is 34.5 Å². The number of aromatic nitrogens is 1. The van der Waals surface area contributed by atoms with E-state index in [1.807, 2.05) is 36.4 Å². The number of hydrogen-bond acceptors (Lipinski definition) is 3. The third kappa shape index (κ3) is 2.31. The largest absolute Gasteiger partial charge is 0.465 e. The van der Waals surface area contributed by atoms with E-state index in [9.17, 15) is 4.79 Å². The van der Waals surface area contributed by atoms with E-state index in [0.717, 1.165) is 29.8 Å². The summed E-state index contributed by atoms with van der Waals surface area (Å²) in [4.78, 5) is 16.8. The van der Waals surface area contributed by atoms with Crippen LogP contribution in [0, 0.1) is 0 Å². The molecule has 1 aliphatic rings. The number of esters is 1. The molecule has 3 nitrogen and oxygen atoms in total. The van der Waals surface area contributed by atoms with Gasteiger partial charge in [0.1, 0.15) is 0 Å². The van der Waals surface area contributed by atoms with E-state index in [-0.39, 0.29) is 5.97 Å². The first-order chi connectivity index (χ1) is 9.79. The van der Waals surface area contributed by atoms with Crippen LogP contribution in [-0.2, 0) is 17.6 Å². The van der Waals surface area contributed by atoms with Gasteiger partial charge in [0.05, 0.1) is 18.4 Å². The molecule has 0 aliphatic heterocycles. The fourth-order valence-electron chi connectivity index (χ4n) is 2.72. The average Bonchev–Trinajstić information content (AvgIpc) is 2.53. The first kappa shape index (κ1) is 12.9. The van der Waals surface area contributed by atoms with Crippen LogP contribution in [0.5, 0.6) is 0 Å². The summed E-state index contributed by atoms with van der Waals surface area (Å²) in [6, 6.07) is 11.8. The molecule has 0 N–H and O–H groups in total. The molecule has 102 valence electrons.